The molecular formula is C22H34N4O7. The van der Waals surface area contributed by atoms with E-state index in [4.69, 9.17) is 5.73 Å². The predicted octanol–water partition coefficient (Wildman–Crippen LogP) is -1.49. The first-order valence-electron chi connectivity index (χ1n) is 10.6. The largest absolute Gasteiger partial charge is 0.480 e. The molecule has 184 valence electrons. The quantitative estimate of drug-likeness (QED) is 0.194. The zero-order valence-corrected chi connectivity index (χ0v) is 19.2. The van der Waals surface area contributed by atoms with Crippen LogP contribution in [0.5, 0.6) is 0 Å². The van der Waals surface area contributed by atoms with Crippen molar-refractivity contribution in [3.8, 4) is 0 Å². The van der Waals surface area contributed by atoms with E-state index in [0.717, 1.165) is 0 Å². The van der Waals surface area contributed by atoms with E-state index in [1.165, 1.54) is 13.8 Å². The van der Waals surface area contributed by atoms with Crippen LogP contribution in [0.2, 0.25) is 0 Å². The third-order valence-electron chi connectivity index (χ3n) is 5.03. The van der Waals surface area contributed by atoms with E-state index in [2.05, 4.69) is 16.0 Å². The first kappa shape index (κ1) is 28.0. The van der Waals surface area contributed by atoms with Crippen LogP contribution in [-0.2, 0) is 25.6 Å². The summed E-state index contributed by atoms with van der Waals surface area (Å²) in [4.78, 5) is 49.4. The minimum absolute atomic E-state index is 0.0459. The number of nitrogens with two attached hydrogens (primary N) is 1. The molecule has 0 saturated carbocycles. The Morgan fingerprint density at radius 1 is 0.818 bits per heavy atom. The summed E-state index contributed by atoms with van der Waals surface area (Å²) in [7, 11) is 0. The zero-order valence-electron chi connectivity index (χ0n) is 19.2. The van der Waals surface area contributed by atoms with Crippen molar-refractivity contribution in [1.29, 1.82) is 0 Å². The van der Waals surface area contributed by atoms with Crippen LogP contribution in [0.3, 0.4) is 0 Å². The fourth-order valence-corrected chi connectivity index (χ4v) is 2.96. The second-order valence-corrected chi connectivity index (χ2v) is 8.31. The molecule has 0 aromatic heterocycles. The van der Waals surface area contributed by atoms with Crippen molar-refractivity contribution >= 4 is 23.7 Å². The molecule has 1 aromatic rings. The summed E-state index contributed by atoms with van der Waals surface area (Å²) in [5.74, 6) is -4.11. The molecule has 3 amide bonds. The first-order valence-corrected chi connectivity index (χ1v) is 10.6. The van der Waals surface area contributed by atoms with Crippen LogP contribution in [0.25, 0.3) is 0 Å². The van der Waals surface area contributed by atoms with Gasteiger partial charge >= 0.3 is 5.97 Å². The van der Waals surface area contributed by atoms with Gasteiger partial charge in [0, 0.05) is 6.42 Å². The molecule has 0 heterocycles. The number of hydrogen-bond acceptors (Lipinski definition) is 7. The van der Waals surface area contributed by atoms with Crippen molar-refractivity contribution in [2.24, 2.45) is 11.7 Å². The average molecular weight is 467 g/mol. The number of carboxylic acid groups (broad SMARTS) is 1. The lowest BCUT2D eigenvalue weighted by molar-refractivity contribution is -0.142. The molecule has 11 nitrogen and oxygen atoms in total. The summed E-state index contributed by atoms with van der Waals surface area (Å²) in [6, 6.07) is 3.62. The molecule has 11 heteroatoms. The van der Waals surface area contributed by atoms with Gasteiger partial charge in [0.15, 0.2) is 0 Å². The molecular weight excluding hydrogens is 432 g/mol. The summed E-state index contributed by atoms with van der Waals surface area (Å²) in [5.41, 5.74) is 6.27. The number of hydrogen-bond donors (Lipinski definition) is 7. The molecule has 0 spiro atoms. The summed E-state index contributed by atoms with van der Waals surface area (Å²) in [6.45, 7) is 5.87. The van der Waals surface area contributed by atoms with Gasteiger partial charge in [0.05, 0.1) is 12.2 Å². The van der Waals surface area contributed by atoms with Crippen LogP contribution < -0.4 is 21.7 Å². The molecule has 8 N–H and O–H groups in total. The molecule has 0 aliphatic carbocycles. The van der Waals surface area contributed by atoms with Gasteiger partial charge in [-0.1, -0.05) is 44.2 Å². The lowest BCUT2D eigenvalue weighted by Crippen LogP contribution is -2.61. The highest BCUT2D eigenvalue weighted by Gasteiger charge is 2.34. The lowest BCUT2D eigenvalue weighted by Gasteiger charge is -2.28. The Kier molecular flexibility index (Phi) is 10.9. The molecule has 33 heavy (non-hydrogen) atoms. The second kappa shape index (κ2) is 12.9. The Bertz CT molecular complexity index is 814. The summed E-state index contributed by atoms with van der Waals surface area (Å²) < 4.78 is 0. The van der Waals surface area contributed by atoms with Gasteiger partial charge in [-0.25, -0.2) is 4.79 Å². The Hall–Kier alpha value is -3.02. The maximum Gasteiger partial charge on any atom is 0.326 e. The SMILES string of the molecule is CC(C)C(NC(=O)C(NC(=O)C(N)C(C)O)C(C)O)C(=O)NC(Cc1ccccc1)C(=O)O. The zero-order chi connectivity index (χ0) is 25.3. The minimum Gasteiger partial charge on any atom is -0.480 e. The monoisotopic (exact) mass is 466 g/mol. The van der Waals surface area contributed by atoms with Crippen LogP contribution >= 0.6 is 0 Å². The number of rotatable bonds is 12. The standard InChI is InChI=1S/C22H34N4O7/c1-11(2)17(20(30)24-15(22(32)33)10-14-8-6-5-7-9-14)25-21(31)18(13(4)28)26-19(29)16(23)12(3)27/h5-9,11-13,15-18,27-28H,10,23H2,1-4H3,(H,24,30)(H,25,31)(H,26,29)(H,32,33). The molecule has 6 unspecified atom stereocenters. The van der Waals surface area contributed by atoms with Crippen LogP contribution in [0.1, 0.15) is 33.3 Å². The third-order valence-corrected chi connectivity index (χ3v) is 5.03. The molecule has 0 aliphatic rings. The molecule has 1 aromatic carbocycles. The van der Waals surface area contributed by atoms with Crippen LogP contribution in [0.4, 0.5) is 0 Å². The van der Waals surface area contributed by atoms with E-state index >= 15 is 0 Å². The van der Waals surface area contributed by atoms with Crippen LogP contribution in [0.15, 0.2) is 30.3 Å². The van der Waals surface area contributed by atoms with E-state index in [9.17, 15) is 34.5 Å². The van der Waals surface area contributed by atoms with E-state index in [1.807, 2.05) is 0 Å². The number of aliphatic hydroxyl groups is 2. The number of carbonyl (C=O) groups excluding carboxylic acids is 3. The predicted molar refractivity (Wildman–Crippen MR) is 120 cm³/mol. The van der Waals surface area contributed by atoms with Gasteiger partial charge in [0.2, 0.25) is 17.7 Å². The molecule has 0 bridgehead atoms. The first-order chi connectivity index (χ1) is 15.3. The fraction of sp³-hybridized carbons (Fsp3) is 0.545. The van der Waals surface area contributed by atoms with Crippen LogP contribution in [0, 0.1) is 5.92 Å². The highest BCUT2D eigenvalue weighted by Crippen LogP contribution is 2.08. The number of benzene rings is 1. The van der Waals surface area contributed by atoms with Gasteiger partial charge in [-0.05, 0) is 25.3 Å². The van der Waals surface area contributed by atoms with Crippen molar-refractivity contribution in [2.45, 2.75) is 70.5 Å². The van der Waals surface area contributed by atoms with E-state index in [-0.39, 0.29) is 6.42 Å². The van der Waals surface area contributed by atoms with Gasteiger partial charge in [0.1, 0.15) is 24.2 Å². The van der Waals surface area contributed by atoms with Crippen molar-refractivity contribution in [1.82, 2.24) is 16.0 Å². The van der Waals surface area contributed by atoms with Crippen molar-refractivity contribution in [3.63, 3.8) is 0 Å². The van der Waals surface area contributed by atoms with Crippen molar-refractivity contribution in [3.05, 3.63) is 35.9 Å². The van der Waals surface area contributed by atoms with E-state index in [1.54, 1.807) is 44.2 Å². The van der Waals surface area contributed by atoms with Crippen LogP contribution in [-0.4, -0.2) is 75.4 Å². The molecule has 0 saturated heterocycles. The smallest absolute Gasteiger partial charge is 0.326 e. The molecule has 0 fully saturated rings. The number of carboxylic acids is 1. The Balaban J connectivity index is 2.94. The Morgan fingerprint density at radius 2 is 1.33 bits per heavy atom. The number of aliphatic hydroxyl groups excluding tert-OH is 2. The number of amides is 3. The molecule has 6 atom stereocenters. The number of nitrogens with one attached hydrogen (secondary N) is 3. The van der Waals surface area contributed by atoms with Gasteiger partial charge in [-0.3, -0.25) is 14.4 Å². The maximum atomic E-state index is 12.8. The summed E-state index contributed by atoms with van der Waals surface area (Å²) >= 11 is 0. The summed E-state index contributed by atoms with van der Waals surface area (Å²) in [6.07, 6.45) is -2.48. The van der Waals surface area contributed by atoms with Crippen molar-refractivity contribution < 1.29 is 34.5 Å². The average Bonchev–Trinajstić information content (AvgIpc) is 2.74. The van der Waals surface area contributed by atoms with E-state index < -0.39 is 66.0 Å². The normalized spacial score (nSPS) is 16.6. The van der Waals surface area contributed by atoms with Gasteiger partial charge in [-0.2, -0.15) is 0 Å². The molecule has 1 rings (SSSR count). The van der Waals surface area contributed by atoms with Gasteiger partial charge in [-0.15, -0.1) is 0 Å². The highest BCUT2D eigenvalue weighted by atomic mass is 16.4. The fourth-order valence-electron chi connectivity index (χ4n) is 2.96. The van der Waals surface area contributed by atoms with E-state index in [0.29, 0.717) is 5.56 Å². The summed E-state index contributed by atoms with van der Waals surface area (Å²) in [5, 5.41) is 36.1. The minimum atomic E-state index is -1.45. The highest BCUT2D eigenvalue weighted by molar-refractivity contribution is 5.94. The Labute approximate surface area is 192 Å². The van der Waals surface area contributed by atoms with Crippen molar-refractivity contribution in [2.75, 3.05) is 0 Å². The molecule has 0 radical (unpaired) electrons. The number of aliphatic carboxylic acids is 1. The topological polar surface area (TPSA) is 191 Å². The Morgan fingerprint density at radius 3 is 1.79 bits per heavy atom. The second-order valence-electron chi connectivity index (χ2n) is 8.31. The number of carbonyl (C=O) groups is 4. The third kappa shape index (κ3) is 8.79. The molecule has 0 aliphatic heterocycles. The lowest BCUT2D eigenvalue weighted by atomic mass is 10.0. The van der Waals surface area contributed by atoms with Gasteiger partial charge < -0.3 is 37.0 Å². The maximum absolute atomic E-state index is 12.8. The van der Waals surface area contributed by atoms with Gasteiger partial charge in [0.25, 0.3) is 0 Å².